The van der Waals surface area contributed by atoms with E-state index in [9.17, 15) is 14.7 Å². The van der Waals surface area contributed by atoms with Crippen molar-refractivity contribution in [2.75, 3.05) is 13.1 Å². The maximum atomic E-state index is 12.5. The van der Waals surface area contributed by atoms with Gasteiger partial charge in [-0.15, -0.1) is 11.3 Å². The van der Waals surface area contributed by atoms with Crippen molar-refractivity contribution in [2.45, 2.75) is 24.9 Å². The molecule has 126 valence electrons. The van der Waals surface area contributed by atoms with Gasteiger partial charge in [0.15, 0.2) is 0 Å². The smallest absolute Gasteiger partial charge is 0.320 e. The lowest BCUT2D eigenvalue weighted by Crippen LogP contribution is -2.43. The van der Waals surface area contributed by atoms with E-state index in [2.05, 4.69) is 10.3 Å². The lowest BCUT2D eigenvalue weighted by molar-refractivity contribution is -0.142. The Labute approximate surface area is 144 Å². The van der Waals surface area contributed by atoms with Crippen molar-refractivity contribution in [2.24, 2.45) is 0 Å². The van der Waals surface area contributed by atoms with Crippen LogP contribution in [0.2, 0.25) is 0 Å². The van der Waals surface area contributed by atoms with E-state index < -0.39 is 12.0 Å². The summed E-state index contributed by atoms with van der Waals surface area (Å²) in [6.45, 7) is 0.726. The van der Waals surface area contributed by atoms with E-state index in [-0.39, 0.29) is 18.5 Å². The zero-order chi connectivity index (χ0) is 16.9. The fourth-order valence-corrected chi connectivity index (χ4v) is 3.71. The predicted octanol–water partition coefficient (Wildman–Crippen LogP) is 1.90. The minimum Gasteiger partial charge on any atom is -0.480 e. The molecule has 1 amide bonds. The van der Waals surface area contributed by atoms with Crippen LogP contribution in [0.5, 0.6) is 0 Å². The van der Waals surface area contributed by atoms with E-state index in [1.54, 1.807) is 11.1 Å². The van der Waals surface area contributed by atoms with Gasteiger partial charge in [0.2, 0.25) is 5.91 Å². The molecule has 1 fully saturated rings. The summed E-state index contributed by atoms with van der Waals surface area (Å²) in [5.74, 6) is -1.05. The number of benzene rings is 1. The lowest BCUT2D eigenvalue weighted by Gasteiger charge is -2.23. The van der Waals surface area contributed by atoms with Gasteiger partial charge in [0.1, 0.15) is 17.1 Å². The summed E-state index contributed by atoms with van der Waals surface area (Å²) in [6, 6.07) is 8.78. The van der Waals surface area contributed by atoms with Crippen molar-refractivity contribution in [3.63, 3.8) is 0 Å². The molecule has 0 aliphatic carbocycles. The maximum Gasteiger partial charge on any atom is 0.320 e. The highest BCUT2D eigenvalue weighted by Crippen LogP contribution is 2.24. The van der Waals surface area contributed by atoms with Crippen LogP contribution in [0, 0.1) is 0 Å². The van der Waals surface area contributed by atoms with Crippen LogP contribution in [-0.2, 0) is 9.59 Å². The molecular weight excluding hydrogens is 326 g/mol. The number of hydrogen-bond acceptors (Lipinski definition) is 5. The summed E-state index contributed by atoms with van der Waals surface area (Å²) in [5, 5.41) is 14.9. The van der Waals surface area contributed by atoms with Gasteiger partial charge in [-0.3, -0.25) is 14.5 Å². The third-order valence-corrected chi connectivity index (χ3v) is 4.97. The first kappa shape index (κ1) is 16.6. The number of carbonyl (C=O) groups excluding carboxylic acids is 1. The molecule has 0 bridgehead atoms. The van der Waals surface area contributed by atoms with Gasteiger partial charge in [0.05, 0.1) is 6.54 Å². The molecule has 1 aromatic carbocycles. The molecule has 0 spiro atoms. The molecule has 1 aromatic heterocycles. The van der Waals surface area contributed by atoms with Crippen molar-refractivity contribution in [3.05, 3.63) is 52.5 Å². The largest absolute Gasteiger partial charge is 0.480 e. The number of hydrogen-bond donors (Lipinski definition) is 2. The average molecular weight is 345 g/mol. The molecule has 1 aliphatic rings. The Morgan fingerprint density at radius 2 is 2.17 bits per heavy atom. The van der Waals surface area contributed by atoms with Crippen LogP contribution in [0.4, 0.5) is 0 Å². The first-order valence-corrected chi connectivity index (χ1v) is 8.73. The Morgan fingerprint density at radius 1 is 1.38 bits per heavy atom. The first-order valence-electron chi connectivity index (χ1n) is 7.85. The number of carboxylic acids is 1. The minimum atomic E-state index is -0.861. The van der Waals surface area contributed by atoms with Gasteiger partial charge in [0, 0.05) is 11.6 Å². The summed E-state index contributed by atoms with van der Waals surface area (Å²) in [5.41, 5.74) is 0.956. The number of likely N-dealkylation sites (tertiary alicyclic amines) is 1. The van der Waals surface area contributed by atoms with Gasteiger partial charge < -0.3 is 10.4 Å². The van der Waals surface area contributed by atoms with Crippen molar-refractivity contribution in [1.82, 2.24) is 15.2 Å². The van der Waals surface area contributed by atoms with Crippen LogP contribution in [0.15, 0.2) is 41.9 Å². The predicted molar refractivity (Wildman–Crippen MR) is 90.8 cm³/mol. The number of rotatable bonds is 6. The molecule has 24 heavy (non-hydrogen) atoms. The summed E-state index contributed by atoms with van der Waals surface area (Å²) in [4.78, 5) is 29.8. The number of carboxylic acid groups (broad SMARTS) is 1. The van der Waals surface area contributed by atoms with E-state index in [1.165, 1.54) is 11.3 Å². The van der Waals surface area contributed by atoms with Crippen LogP contribution < -0.4 is 5.32 Å². The molecule has 1 aliphatic heterocycles. The van der Waals surface area contributed by atoms with Crippen molar-refractivity contribution < 1.29 is 14.7 Å². The molecule has 2 N–H and O–H groups in total. The Kier molecular flexibility index (Phi) is 5.22. The Morgan fingerprint density at radius 3 is 2.83 bits per heavy atom. The zero-order valence-electron chi connectivity index (χ0n) is 13.1. The second-order valence-corrected chi connectivity index (χ2v) is 6.67. The number of nitrogens with one attached hydrogen (secondary N) is 1. The van der Waals surface area contributed by atoms with Gasteiger partial charge in [-0.1, -0.05) is 30.3 Å². The topological polar surface area (TPSA) is 82.5 Å². The zero-order valence-corrected chi connectivity index (χ0v) is 13.9. The monoisotopic (exact) mass is 345 g/mol. The number of carbonyl (C=O) groups is 2. The molecule has 7 heteroatoms. The van der Waals surface area contributed by atoms with E-state index in [0.717, 1.165) is 17.0 Å². The molecule has 0 radical (unpaired) electrons. The van der Waals surface area contributed by atoms with E-state index in [4.69, 9.17) is 0 Å². The van der Waals surface area contributed by atoms with Crippen molar-refractivity contribution >= 4 is 23.2 Å². The van der Waals surface area contributed by atoms with Crippen LogP contribution in [-0.4, -0.2) is 46.0 Å². The van der Waals surface area contributed by atoms with Crippen LogP contribution in [0.3, 0.4) is 0 Å². The molecule has 3 rings (SSSR count). The van der Waals surface area contributed by atoms with E-state index in [1.807, 2.05) is 35.7 Å². The standard InChI is InChI=1S/C17H19N3O3S/c21-14(11-20-9-4-7-13(20)17(22)23)19-15(16-18-8-10-24-16)12-5-2-1-3-6-12/h1-3,5-6,8,10,13,15H,4,7,9,11H2,(H,19,21)(H,22,23)/t13-,15?/m0/s1. The Balaban J connectivity index is 1.71. The number of aliphatic carboxylic acids is 1. The Bertz CT molecular complexity index is 690. The molecule has 6 nitrogen and oxygen atoms in total. The average Bonchev–Trinajstić information content (AvgIpc) is 3.25. The summed E-state index contributed by atoms with van der Waals surface area (Å²) in [7, 11) is 0. The lowest BCUT2D eigenvalue weighted by atomic mass is 10.1. The fraction of sp³-hybridized carbons (Fsp3) is 0.353. The van der Waals surface area contributed by atoms with Crippen molar-refractivity contribution in [3.8, 4) is 0 Å². The maximum absolute atomic E-state index is 12.5. The van der Waals surface area contributed by atoms with E-state index in [0.29, 0.717) is 13.0 Å². The molecule has 2 aromatic rings. The van der Waals surface area contributed by atoms with E-state index >= 15 is 0 Å². The molecular formula is C17H19N3O3S. The van der Waals surface area contributed by atoms with Crippen LogP contribution in [0.25, 0.3) is 0 Å². The number of aromatic nitrogens is 1. The quantitative estimate of drug-likeness (QED) is 0.835. The van der Waals surface area contributed by atoms with Gasteiger partial charge in [-0.05, 0) is 24.9 Å². The highest BCUT2D eigenvalue weighted by atomic mass is 32.1. The number of thiazole rings is 1. The Hall–Kier alpha value is -2.25. The third-order valence-electron chi connectivity index (χ3n) is 4.13. The normalized spacial score (nSPS) is 19.1. The second-order valence-electron chi connectivity index (χ2n) is 5.75. The molecule has 2 heterocycles. The fourth-order valence-electron chi connectivity index (χ4n) is 3.00. The SMILES string of the molecule is O=C(CN1CCC[C@H]1C(=O)O)NC(c1ccccc1)c1nccs1. The van der Waals surface area contributed by atoms with Crippen molar-refractivity contribution in [1.29, 1.82) is 0 Å². The second kappa shape index (κ2) is 7.55. The summed E-state index contributed by atoms with van der Waals surface area (Å²) < 4.78 is 0. The van der Waals surface area contributed by atoms with Gasteiger partial charge in [-0.2, -0.15) is 0 Å². The summed E-state index contributed by atoms with van der Waals surface area (Å²) >= 11 is 1.48. The van der Waals surface area contributed by atoms with Gasteiger partial charge in [-0.25, -0.2) is 4.98 Å². The highest BCUT2D eigenvalue weighted by molar-refractivity contribution is 7.09. The third kappa shape index (κ3) is 3.80. The number of nitrogens with zero attached hydrogens (tertiary/aromatic N) is 2. The van der Waals surface area contributed by atoms with Gasteiger partial charge >= 0.3 is 5.97 Å². The highest BCUT2D eigenvalue weighted by Gasteiger charge is 2.32. The molecule has 1 unspecified atom stereocenters. The molecule has 0 saturated carbocycles. The van der Waals surface area contributed by atoms with Crippen LogP contribution >= 0.6 is 11.3 Å². The van der Waals surface area contributed by atoms with Crippen LogP contribution in [0.1, 0.15) is 29.5 Å². The first-order chi connectivity index (χ1) is 11.6. The molecule has 2 atom stereocenters. The minimum absolute atomic E-state index is 0.0890. The van der Waals surface area contributed by atoms with Gasteiger partial charge in [0.25, 0.3) is 0 Å². The number of amides is 1. The molecule has 1 saturated heterocycles. The summed E-state index contributed by atoms with van der Waals surface area (Å²) in [6.07, 6.45) is 3.11.